The highest BCUT2D eigenvalue weighted by Crippen LogP contribution is 2.16. The normalized spacial score (nSPS) is 15.8. The maximum absolute atomic E-state index is 12.4. The van der Waals surface area contributed by atoms with E-state index in [-0.39, 0.29) is 5.91 Å². The van der Waals surface area contributed by atoms with Crippen molar-refractivity contribution in [1.82, 2.24) is 9.80 Å². The van der Waals surface area contributed by atoms with Gasteiger partial charge in [-0.25, -0.2) is 0 Å². The minimum atomic E-state index is 0.0457. The van der Waals surface area contributed by atoms with Crippen LogP contribution in [-0.4, -0.2) is 48.4 Å². The van der Waals surface area contributed by atoms with Gasteiger partial charge >= 0.3 is 0 Å². The molecule has 0 N–H and O–H groups in total. The zero-order chi connectivity index (χ0) is 18.2. The Bertz CT molecular complexity index is 778. The largest absolute Gasteiger partial charge is 0.337 e. The van der Waals surface area contributed by atoms with Gasteiger partial charge in [-0.05, 0) is 23.3 Å². The van der Waals surface area contributed by atoms with Gasteiger partial charge in [-0.15, -0.1) is 0 Å². The number of hydrogen-bond acceptors (Lipinski definition) is 2. The van der Waals surface area contributed by atoms with Crippen LogP contribution >= 0.6 is 11.6 Å². The Morgan fingerprint density at radius 1 is 0.923 bits per heavy atom. The van der Waals surface area contributed by atoms with Crippen molar-refractivity contribution in [3.05, 3.63) is 82.9 Å². The third-order valence-corrected chi connectivity index (χ3v) is 4.81. The summed E-state index contributed by atoms with van der Waals surface area (Å²) in [5.41, 5.74) is 2.08. The number of hydrogen-bond donors (Lipinski definition) is 0. The van der Waals surface area contributed by atoms with Crippen LogP contribution in [0.3, 0.4) is 0 Å². The molecule has 1 heterocycles. The lowest BCUT2D eigenvalue weighted by Gasteiger charge is -2.33. The second-order valence-electron chi connectivity index (χ2n) is 6.29. The van der Waals surface area contributed by atoms with E-state index in [0.29, 0.717) is 5.02 Å². The molecule has 0 unspecified atom stereocenters. The molecule has 1 amide bonds. The minimum Gasteiger partial charge on any atom is -0.337 e. The summed E-state index contributed by atoms with van der Waals surface area (Å²) in [6, 6.07) is 17.8. The third-order valence-electron chi connectivity index (χ3n) is 4.47. The third kappa shape index (κ3) is 5.32. The van der Waals surface area contributed by atoms with E-state index in [1.54, 1.807) is 12.2 Å². The van der Waals surface area contributed by atoms with Crippen molar-refractivity contribution in [2.75, 3.05) is 32.7 Å². The highest BCUT2D eigenvalue weighted by molar-refractivity contribution is 6.32. The minimum absolute atomic E-state index is 0.0457. The van der Waals surface area contributed by atoms with E-state index < -0.39 is 0 Å². The van der Waals surface area contributed by atoms with Crippen LogP contribution in [0.2, 0.25) is 5.02 Å². The molecule has 2 aromatic carbocycles. The van der Waals surface area contributed by atoms with Crippen molar-refractivity contribution in [2.45, 2.75) is 0 Å². The second kappa shape index (κ2) is 9.37. The van der Waals surface area contributed by atoms with Gasteiger partial charge in [-0.2, -0.15) is 0 Å². The van der Waals surface area contributed by atoms with Gasteiger partial charge in [0.1, 0.15) is 0 Å². The number of amides is 1. The van der Waals surface area contributed by atoms with Crippen molar-refractivity contribution < 1.29 is 4.79 Å². The number of carbonyl (C=O) groups is 1. The SMILES string of the molecule is O=C(C=Cc1ccccc1Cl)N1CCN(CC=Cc2ccccc2)CC1. The molecule has 0 saturated carbocycles. The van der Waals surface area contributed by atoms with Crippen LogP contribution in [0.25, 0.3) is 12.2 Å². The zero-order valence-electron chi connectivity index (χ0n) is 14.7. The number of halogens is 1. The summed E-state index contributed by atoms with van der Waals surface area (Å²) >= 11 is 6.12. The van der Waals surface area contributed by atoms with Gasteiger partial charge in [0.05, 0.1) is 0 Å². The van der Waals surface area contributed by atoms with Gasteiger partial charge in [-0.3, -0.25) is 9.69 Å². The van der Waals surface area contributed by atoms with Crippen molar-refractivity contribution >= 4 is 29.7 Å². The first-order valence-corrected chi connectivity index (χ1v) is 9.25. The summed E-state index contributed by atoms with van der Waals surface area (Å²) in [5, 5.41) is 0.659. The van der Waals surface area contributed by atoms with E-state index in [1.807, 2.05) is 47.4 Å². The predicted octanol–water partition coefficient (Wildman–Crippen LogP) is 4.21. The van der Waals surface area contributed by atoms with Crippen molar-refractivity contribution in [2.24, 2.45) is 0 Å². The van der Waals surface area contributed by atoms with Crippen LogP contribution in [0, 0.1) is 0 Å². The van der Waals surface area contributed by atoms with Gasteiger partial charge in [-0.1, -0.05) is 72.3 Å². The molecule has 3 rings (SSSR count). The van der Waals surface area contributed by atoms with Crippen LogP contribution in [0.1, 0.15) is 11.1 Å². The van der Waals surface area contributed by atoms with Crippen molar-refractivity contribution in [1.29, 1.82) is 0 Å². The molecule has 2 aromatic rings. The molecule has 0 radical (unpaired) electrons. The summed E-state index contributed by atoms with van der Waals surface area (Å²) in [5.74, 6) is 0.0457. The van der Waals surface area contributed by atoms with Crippen molar-refractivity contribution in [3.8, 4) is 0 Å². The fraction of sp³-hybridized carbons (Fsp3) is 0.227. The molecule has 134 valence electrons. The number of nitrogens with zero attached hydrogens (tertiary/aromatic N) is 2. The fourth-order valence-corrected chi connectivity index (χ4v) is 3.13. The molecule has 0 aromatic heterocycles. The number of benzene rings is 2. The highest BCUT2D eigenvalue weighted by atomic mass is 35.5. The van der Waals surface area contributed by atoms with Gasteiger partial charge in [0, 0.05) is 43.8 Å². The Labute approximate surface area is 160 Å². The molecule has 3 nitrogen and oxygen atoms in total. The van der Waals surface area contributed by atoms with Crippen LogP contribution in [0.4, 0.5) is 0 Å². The standard InChI is InChI=1S/C22H23ClN2O/c23-21-11-5-4-10-20(21)12-13-22(26)25-17-15-24(16-18-25)14-6-9-19-7-2-1-3-8-19/h1-13H,14-18H2. The van der Waals surface area contributed by atoms with E-state index in [2.05, 4.69) is 29.2 Å². The van der Waals surface area contributed by atoms with Crippen LogP contribution in [0.15, 0.2) is 66.7 Å². The smallest absolute Gasteiger partial charge is 0.246 e. The molecule has 0 aliphatic carbocycles. The number of rotatable bonds is 5. The Morgan fingerprint density at radius 3 is 2.35 bits per heavy atom. The van der Waals surface area contributed by atoms with Crippen LogP contribution in [0.5, 0.6) is 0 Å². The van der Waals surface area contributed by atoms with E-state index >= 15 is 0 Å². The lowest BCUT2D eigenvalue weighted by atomic mass is 10.2. The molecule has 0 bridgehead atoms. The molecular formula is C22H23ClN2O. The molecule has 0 spiro atoms. The topological polar surface area (TPSA) is 23.6 Å². The van der Waals surface area contributed by atoms with E-state index in [9.17, 15) is 4.79 Å². The second-order valence-corrected chi connectivity index (χ2v) is 6.70. The van der Waals surface area contributed by atoms with Gasteiger partial charge in [0.2, 0.25) is 5.91 Å². The van der Waals surface area contributed by atoms with Gasteiger partial charge in [0.25, 0.3) is 0 Å². The van der Waals surface area contributed by atoms with E-state index in [4.69, 9.17) is 11.6 Å². The lowest BCUT2D eigenvalue weighted by molar-refractivity contribution is -0.127. The first-order valence-electron chi connectivity index (χ1n) is 8.88. The Morgan fingerprint density at radius 2 is 1.62 bits per heavy atom. The molecule has 1 fully saturated rings. The Kier molecular flexibility index (Phi) is 6.64. The van der Waals surface area contributed by atoms with Gasteiger partial charge in [0.15, 0.2) is 0 Å². The quantitative estimate of drug-likeness (QED) is 0.740. The fourth-order valence-electron chi connectivity index (χ4n) is 2.93. The van der Waals surface area contributed by atoms with E-state index in [1.165, 1.54) is 5.56 Å². The maximum atomic E-state index is 12.4. The number of carbonyl (C=O) groups excluding carboxylic acids is 1. The van der Waals surface area contributed by atoms with Crippen molar-refractivity contribution in [3.63, 3.8) is 0 Å². The first kappa shape index (κ1) is 18.4. The number of piperazine rings is 1. The predicted molar refractivity (Wildman–Crippen MR) is 109 cm³/mol. The summed E-state index contributed by atoms with van der Waals surface area (Å²) in [7, 11) is 0. The van der Waals surface area contributed by atoms with Crippen LogP contribution in [-0.2, 0) is 4.79 Å². The average molecular weight is 367 g/mol. The molecule has 4 heteroatoms. The first-order chi connectivity index (χ1) is 12.7. The molecular weight excluding hydrogens is 344 g/mol. The molecule has 1 aliphatic heterocycles. The average Bonchev–Trinajstić information content (AvgIpc) is 2.68. The molecule has 1 saturated heterocycles. The highest BCUT2D eigenvalue weighted by Gasteiger charge is 2.18. The van der Waals surface area contributed by atoms with Gasteiger partial charge < -0.3 is 4.90 Å². The van der Waals surface area contributed by atoms with E-state index in [0.717, 1.165) is 38.3 Å². The Hall–Kier alpha value is -2.36. The summed E-state index contributed by atoms with van der Waals surface area (Å²) in [4.78, 5) is 16.6. The lowest BCUT2D eigenvalue weighted by Crippen LogP contribution is -2.48. The summed E-state index contributed by atoms with van der Waals surface area (Å²) in [6.45, 7) is 4.21. The monoisotopic (exact) mass is 366 g/mol. The summed E-state index contributed by atoms with van der Waals surface area (Å²) < 4.78 is 0. The summed E-state index contributed by atoms with van der Waals surface area (Å²) in [6.07, 6.45) is 7.74. The molecule has 26 heavy (non-hydrogen) atoms. The maximum Gasteiger partial charge on any atom is 0.246 e. The van der Waals surface area contributed by atoms with Crippen LogP contribution < -0.4 is 0 Å². The molecule has 0 atom stereocenters. The zero-order valence-corrected chi connectivity index (χ0v) is 15.5. The Balaban J connectivity index is 1.45. The molecule has 1 aliphatic rings.